The summed E-state index contributed by atoms with van der Waals surface area (Å²) in [5, 5.41) is 8.62. The fourth-order valence-corrected chi connectivity index (χ4v) is 9.28. The van der Waals surface area contributed by atoms with E-state index < -0.39 is 0 Å². The van der Waals surface area contributed by atoms with E-state index in [0.717, 1.165) is 56.0 Å². The molecule has 8 aromatic carbocycles. The highest BCUT2D eigenvalue weighted by atomic mass is 32.1. The lowest BCUT2D eigenvalue weighted by molar-refractivity contribution is 1.18. The van der Waals surface area contributed by atoms with Crippen LogP contribution in [0.1, 0.15) is 0 Å². The standard InChI is InChI=1S/C51H31N3S/c1-3-14-33(15-4-1)44-31-45(53-51(52-44)35-16-5-2-6-17-35)34-28-26-32(27-29-34)38-23-13-24-42-47-41-22-11-12-25-46(41)55-50(47)49(54-48(38)42)43-30-36-18-7-8-19-37(36)39-20-9-10-21-40(39)43/h1-31H. The molecule has 0 amide bonds. The van der Waals surface area contributed by atoms with E-state index in [0.29, 0.717) is 5.82 Å². The molecule has 0 aliphatic rings. The SMILES string of the molecule is c1ccc(-c2cc(-c3ccc(-c4cccc5c4nc(-c4cc6ccccc6c6ccccc46)c4sc6ccccc6c45)cc3)nc(-c3ccccc3)n2)cc1. The molecular weight excluding hydrogens is 687 g/mol. The highest BCUT2D eigenvalue weighted by Crippen LogP contribution is 2.46. The molecule has 0 bridgehead atoms. The molecule has 0 unspecified atom stereocenters. The van der Waals surface area contributed by atoms with Crippen molar-refractivity contribution in [3.63, 3.8) is 0 Å². The molecule has 0 saturated carbocycles. The first-order valence-corrected chi connectivity index (χ1v) is 19.3. The van der Waals surface area contributed by atoms with Gasteiger partial charge in [-0.25, -0.2) is 15.0 Å². The Kier molecular flexibility index (Phi) is 7.35. The number of para-hydroxylation sites is 1. The third-order valence-corrected chi connectivity index (χ3v) is 11.9. The Bertz CT molecular complexity index is 3180. The summed E-state index contributed by atoms with van der Waals surface area (Å²) in [6, 6.07) is 66.5. The first-order valence-electron chi connectivity index (χ1n) is 18.5. The quantitative estimate of drug-likeness (QED) is 0.166. The smallest absolute Gasteiger partial charge is 0.160 e. The van der Waals surface area contributed by atoms with E-state index in [9.17, 15) is 0 Å². The molecule has 0 aliphatic heterocycles. The van der Waals surface area contributed by atoms with E-state index in [-0.39, 0.29) is 0 Å². The highest BCUT2D eigenvalue weighted by Gasteiger charge is 2.20. The summed E-state index contributed by atoms with van der Waals surface area (Å²) >= 11 is 1.84. The number of benzene rings is 8. The molecule has 0 atom stereocenters. The van der Waals surface area contributed by atoms with Crippen LogP contribution in [0.3, 0.4) is 0 Å². The fourth-order valence-electron chi connectivity index (χ4n) is 8.06. The van der Waals surface area contributed by atoms with Crippen LogP contribution in [-0.2, 0) is 0 Å². The molecule has 0 spiro atoms. The van der Waals surface area contributed by atoms with Gasteiger partial charge in [-0.05, 0) is 45.3 Å². The van der Waals surface area contributed by atoms with Crippen molar-refractivity contribution in [3.8, 4) is 56.3 Å². The molecule has 11 rings (SSSR count). The summed E-state index contributed by atoms with van der Waals surface area (Å²) in [4.78, 5) is 15.7. The highest BCUT2D eigenvalue weighted by molar-refractivity contribution is 7.26. The molecule has 0 aliphatic carbocycles. The number of rotatable bonds is 5. The van der Waals surface area contributed by atoms with Gasteiger partial charge >= 0.3 is 0 Å². The number of thiophene rings is 1. The van der Waals surface area contributed by atoms with Gasteiger partial charge < -0.3 is 0 Å². The first-order chi connectivity index (χ1) is 27.3. The summed E-state index contributed by atoms with van der Waals surface area (Å²) < 4.78 is 2.48. The monoisotopic (exact) mass is 717 g/mol. The second-order valence-corrected chi connectivity index (χ2v) is 15.0. The summed E-state index contributed by atoms with van der Waals surface area (Å²) in [6.07, 6.45) is 0. The molecule has 3 heterocycles. The summed E-state index contributed by atoms with van der Waals surface area (Å²) in [5.74, 6) is 0.708. The number of fused-ring (bicyclic) bond motifs is 8. The Morgan fingerprint density at radius 2 is 0.945 bits per heavy atom. The van der Waals surface area contributed by atoms with Crippen LogP contribution in [0.4, 0.5) is 0 Å². The van der Waals surface area contributed by atoms with Crippen LogP contribution in [0.2, 0.25) is 0 Å². The molecule has 55 heavy (non-hydrogen) atoms. The Balaban J connectivity index is 1.12. The average molecular weight is 718 g/mol. The lowest BCUT2D eigenvalue weighted by atomic mass is 9.93. The zero-order valence-electron chi connectivity index (χ0n) is 29.6. The van der Waals surface area contributed by atoms with Crippen LogP contribution in [0, 0.1) is 0 Å². The Labute approximate surface area is 321 Å². The largest absolute Gasteiger partial charge is 0.246 e. The van der Waals surface area contributed by atoms with E-state index >= 15 is 0 Å². The number of hydrogen-bond acceptors (Lipinski definition) is 4. The normalized spacial score (nSPS) is 11.6. The molecule has 11 aromatic rings. The molecule has 256 valence electrons. The average Bonchev–Trinajstić information content (AvgIpc) is 3.66. The topological polar surface area (TPSA) is 38.7 Å². The van der Waals surface area contributed by atoms with E-state index in [4.69, 9.17) is 15.0 Å². The van der Waals surface area contributed by atoms with Crippen molar-refractivity contribution >= 4 is 64.0 Å². The van der Waals surface area contributed by atoms with Gasteiger partial charge in [-0.3, -0.25) is 0 Å². The molecule has 3 aromatic heterocycles. The van der Waals surface area contributed by atoms with Crippen LogP contribution in [0.15, 0.2) is 188 Å². The predicted octanol–water partition coefficient (Wildman–Crippen LogP) is 14.0. The van der Waals surface area contributed by atoms with Gasteiger partial charge in [-0.1, -0.05) is 170 Å². The third-order valence-electron chi connectivity index (χ3n) is 10.7. The second kappa shape index (κ2) is 12.8. The van der Waals surface area contributed by atoms with E-state index in [1.54, 1.807) is 0 Å². The lowest BCUT2D eigenvalue weighted by Gasteiger charge is -2.14. The minimum absolute atomic E-state index is 0.708. The minimum Gasteiger partial charge on any atom is -0.246 e. The molecule has 0 N–H and O–H groups in total. The molecule has 0 fully saturated rings. The number of hydrogen-bond donors (Lipinski definition) is 0. The number of pyridine rings is 1. The lowest BCUT2D eigenvalue weighted by Crippen LogP contribution is -1.96. The van der Waals surface area contributed by atoms with E-state index in [1.165, 1.54) is 47.1 Å². The Morgan fingerprint density at radius 1 is 0.364 bits per heavy atom. The molecule has 0 saturated heterocycles. The number of aromatic nitrogens is 3. The molecule has 3 nitrogen and oxygen atoms in total. The van der Waals surface area contributed by atoms with Gasteiger partial charge in [0.2, 0.25) is 0 Å². The zero-order valence-corrected chi connectivity index (χ0v) is 30.5. The predicted molar refractivity (Wildman–Crippen MR) is 232 cm³/mol. The third kappa shape index (κ3) is 5.30. The Hall–Kier alpha value is -7.01. The van der Waals surface area contributed by atoms with Crippen LogP contribution in [0.25, 0.3) is 109 Å². The van der Waals surface area contributed by atoms with Crippen molar-refractivity contribution in [1.82, 2.24) is 15.0 Å². The van der Waals surface area contributed by atoms with Crippen LogP contribution >= 0.6 is 11.3 Å². The van der Waals surface area contributed by atoms with Gasteiger partial charge in [0.1, 0.15) is 0 Å². The van der Waals surface area contributed by atoms with Crippen LogP contribution in [0.5, 0.6) is 0 Å². The van der Waals surface area contributed by atoms with Gasteiger partial charge in [0.25, 0.3) is 0 Å². The van der Waals surface area contributed by atoms with Crippen molar-refractivity contribution in [1.29, 1.82) is 0 Å². The second-order valence-electron chi connectivity index (χ2n) is 13.9. The van der Waals surface area contributed by atoms with Crippen molar-refractivity contribution < 1.29 is 0 Å². The zero-order chi connectivity index (χ0) is 36.3. The van der Waals surface area contributed by atoms with Gasteiger partial charge in [-0.2, -0.15) is 0 Å². The van der Waals surface area contributed by atoms with Crippen LogP contribution in [-0.4, -0.2) is 15.0 Å². The number of nitrogens with zero attached hydrogens (tertiary/aromatic N) is 3. The van der Waals surface area contributed by atoms with Gasteiger partial charge in [0.05, 0.1) is 27.3 Å². The Morgan fingerprint density at radius 3 is 1.71 bits per heavy atom. The summed E-state index contributed by atoms with van der Waals surface area (Å²) in [6.45, 7) is 0. The summed E-state index contributed by atoms with van der Waals surface area (Å²) in [5.41, 5.74) is 10.2. The van der Waals surface area contributed by atoms with Gasteiger partial charge in [0, 0.05) is 48.7 Å². The maximum absolute atomic E-state index is 5.66. The minimum atomic E-state index is 0.708. The first kappa shape index (κ1) is 31.5. The summed E-state index contributed by atoms with van der Waals surface area (Å²) in [7, 11) is 0. The van der Waals surface area contributed by atoms with E-state index in [2.05, 4.69) is 152 Å². The van der Waals surface area contributed by atoms with Crippen LogP contribution < -0.4 is 0 Å². The maximum atomic E-state index is 5.66. The molecule has 0 radical (unpaired) electrons. The molecule has 4 heteroatoms. The van der Waals surface area contributed by atoms with Crippen molar-refractivity contribution in [2.75, 3.05) is 0 Å². The van der Waals surface area contributed by atoms with Crippen molar-refractivity contribution in [2.45, 2.75) is 0 Å². The molecular formula is C51H31N3S. The maximum Gasteiger partial charge on any atom is 0.160 e. The van der Waals surface area contributed by atoms with E-state index in [1.807, 2.05) is 47.7 Å². The van der Waals surface area contributed by atoms with Gasteiger partial charge in [0.15, 0.2) is 5.82 Å². The van der Waals surface area contributed by atoms with Crippen molar-refractivity contribution in [3.05, 3.63) is 188 Å². The van der Waals surface area contributed by atoms with Gasteiger partial charge in [-0.15, -0.1) is 11.3 Å². The van der Waals surface area contributed by atoms with Crippen molar-refractivity contribution in [2.24, 2.45) is 0 Å². The fraction of sp³-hybridized carbons (Fsp3) is 0.